The Hall–Kier alpha value is -1.12. The quantitative estimate of drug-likeness (QED) is 0.821. The first-order valence-electron chi connectivity index (χ1n) is 8.10. The van der Waals surface area contributed by atoms with E-state index in [0.717, 1.165) is 37.1 Å². The molecule has 0 aliphatic heterocycles. The monoisotopic (exact) mass is 276 g/mol. The number of hydrogen-bond donors (Lipinski definition) is 0. The lowest BCUT2D eigenvalue weighted by molar-refractivity contribution is 0.0781. The van der Waals surface area contributed by atoms with Crippen LogP contribution < -0.4 is 0 Å². The lowest BCUT2D eigenvalue weighted by Gasteiger charge is -2.20. The first-order chi connectivity index (χ1) is 9.50. The molecule has 2 rings (SSSR count). The zero-order valence-corrected chi connectivity index (χ0v) is 13.4. The van der Waals surface area contributed by atoms with Gasteiger partial charge in [-0.3, -0.25) is 4.79 Å². The van der Waals surface area contributed by atoms with Crippen LogP contribution in [-0.4, -0.2) is 15.7 Å². The Balaban J connectivity index is 2.15. The summed E-state index contributed by atoms with van der Waals surface area (Å²) < 4.78 is 1.70. The van der Waals surface area contributed by atoms with Crippen molar-refractivity contribution in [2.45, 2.75) is 72.6 Å². The molecule has 3 heteroatoms. The van der Waals surface area contributed by atoms with Crippen LogP contribution in [0, 0.1) is 25.7 Å². The van der Waals surface area contributed by atoms with Gasteiger partial charge in [-0.2, -0.15) is 5.10 Å². The molecule has 0 unspecified atom stereocenters. The van der Waals surface area contributed by atoms with Crippen LogP contribution >= 0.6 is 0 Å². The Morgan fingerprint density at radius 2 is 1.90 bits per heavy atom. The summed E-state index contributed by atoms with van der Waals surface area (Å²) in [5.41, 5.74) is 3.38. The molecule has 0 spiro atoms. The highest BCUT2D eigenvalue weighted by Gasteiger charge is 2.25. The molecule has 20 heavy (non-hydrogen) atoms. The van der Waals surface area contributed by atoms with Crippen LogP contribution in [0.5, 0.6) is 0 Å². The minimum Gasteiger partial charge on any atom is -0.272 e. The zero-order chi connectivity index (χ0) is 14.7. The normalized spacial score (nSPS) is 16.9. The topological polar surface area (TPSA) is 34.9 Å². The Morgan fingerprint density at radius 3 is 2.50 bits per heavy atom. The summed E-state index contributed by atoms with van der Waals surface area (Å²) >= 11 is 0. The molecule has 0 amide bonds. The Morgan fingerprint density at radius 1 is 1.25 bits per heavy atom. The van der Waals surface area contributed by atoms with E-state index in [1.165, 1.54) is 24.8 Å². The van der Waals surface area contributed by atoms with Crippen molar-refractivity contribution in [2.24, 2.45) is 11.8 Å². The highest BCUT2D eigenvalue weighted by atomic mass is 16.2. The van der Waals surface area contributed by atoms with Gasteiger partial charge in [-0.1, -0.05) is 33.1 Å². The van der Waals surface area contributed by atoms with Crippen LogP contribution in [-0.2, 0) is 6.42 Å². The van der Waals surface area contributed by atoms with Crippen molar-refractivity contribution in [3.63, 3.8) is 0 Å². The van der Waals surface area contributed by atoms with Gasteiger partial charge in [0.25, 0.3) is 0 Å². The molecule has 0 atom stereocenters. The molecule has 1 fully saturated rings. The van der Waals surface area contributed by atoms with Gasteiger partial charge in [0.2, 0.25) is 5.91 Å². The standard InChI is InChI=1S/C17H28N2O/c1-12(2)10-11-16-13(3)18-19(14(16)4)17(20)15-8-6-5-7-9-15/h12,15H,5-11H2,1-4H3. The van der Waals surface area contributed by atoms with E-state index in [0.29, 0.717) is 5.92 Å². The molecule has 0 bridgehead atoms. The third-order valence-corrected chi connectivity index (χ3v) is 4.58. The molecule has 3 nitrogen and oxygen atoms in total. The molecular weight excluding hydrogens is 248 g/mol. The minimum absolute atomic E-state index is 0.194. The van der Waals surface area contributed by atoms with Crippen molar-refractivity contribution in [1.82, 2.24) is 9.78 Å². The van der Waals surface area contributed by atoms with E-state index in [1.54, 1.807) is 4.68 Å². The predicted octanol–water partition coefficient (Wildman–Crippen LogP) is 4.31. The van der Waals surface area contributed by atoms with Gasteiger partial charge >= 0.3 is 0 Å². The third kappa shape index (κ3) is 3.31. The molecule has 0 saturated heterocycles. The summed E-state index contributed by atoms with van der Waals surface area (Å²) in [4.78, 5) is 12.6. The van der Waals surface area contributed by atoms with Gasteiger partial charge in [-0.15, -0.1) is 0 Å². The van der Waals surface area contributed by atoms with Crippen molar-refractivity contribution in [3.8, 4) is 0 Å². The number of carbonyl (C=O) groups is 1. The number of aryl methyl sites for hydroxylation is 1. The van der Waals surface area contributed by atoms with Crippen LogP contribution in [0.1, 0.15) is 74.1 Å². The molecule has 1 aliphatic carbocycles. The van der Waals surface area contributed by atoms with Gasteiger partial charge in [0.15, 0.2) is 0 Å². The fourth-order valence-electron chi connectivity index (χ4n) is 3.21. The summed E-state index contributed by atoms with van der Waals surface area (Å²) in [7, 11) is 0. The molecule has 1 aliphatic rings. The molecule has 0 aromatic carbocycles. The van der Waals surface area contributed by atoms with Crippen LogP contribution in [0.3, 0.4) is 0 Å². The maximum absolute atomic E-state index is 12.6. The van der Waals surface area contributed by atoms with E-state index in [4.69, 9.17) is 0 Å². The SMILES string of the molecule is Cc1nn(C(=O)C2CCCCC2)c(C)c1CCC(C)C. The smallest absolute Gasteiger partial charge is 0.250 e. The van der Waals surface area contributed by atoms with Crippen LogP contribution in [0.25, 0.3) is 0 Å². The molecule has 1 heterocycles. The van der Waals surface area contributed by atoms with Gasteiger partial charge in [0.05, 0.1) is 5.69 Å². The highest BCUT2D eigenvalue weighted by Crippen LogP contribution is 2.26. The average molecular weight is 276 g/mol. The molecule has 112 valence electrons. The molecule has 1 saturated carbocycles. The van der Waals surface area contributed by atoms with E-state index in [2.05, 4.69) is 25.9 Å². The maximum atomic E-state index is 12.6. The van der Waals surface area contributed by atoms with Crippen molar-refractivity contribution in [2.75, 3.05) is 0 Å². The fraction of sp³-hybridized carbons (Fsp3) is 0.765. The maximum Gasteiger partial charge on any atom is 0.250 e. The van der Waals surface area contributed by atoms with E-state index >= 15 is 0 Å². The summed E-state index contributed by atoms with van der Waals surface area (Å²) in [6.07, 6.45) is 7.93. The number of hydrogen-bond acceptors (Lipinski definition) is 2. The highest BCUT2D eigenvalue weighted by molar-refractivity contribution is 5.81. The zero-order valence-electron chi connectivity index (χ0n) is 13.4. The number of aromatic nitrogens is 2. The van der Waals surface area contributed by atoms with E-state index in [9.17, 15) is 4.79 Å². The lowest BCUT2D eigenvalue weighted by Crippen LogP contribution is -2.25. The largest absolute Gasteiger partial charge is 0.272 e. The number of rotatable bonds is 4. The molecule has 1 aromatic rings. The average Bonchev–Trinajstić information content (AvgIpc) is 2.72. The third-order valence-electron chi connectivity index (χ3n) is 4.58. The van der Waals surface area contributed by atoms with E-state index in [-0.39, 0.29) is 11.8 Å². The summed E-state index contributed by atoms with van der Waals surface area (Å²) in [6.45, 7) is 8.56. The van der Waals surface area contributed by atoms with Crippen molar-refractivity contribution >= 4 is 5.91 Å². The first-order valence-corrected chi connectivity index (χ1v) is 8.10. The van der Waals surface area contributed by atoms with Gasteiger partial charge in [0, 0.05) is 11.6 Å². The predicted molar refractivity (Wildman–Crippen MR) is 82.1 cm³/mol. The second kappa shape index (κ2) is 6.55. The first kappa shape index (κ1) is 15.3. The van der Waals surface area contributed by atoms with Crippen molar-refractivity contribution in [3.05, 3.63) is 17.0 Å². The molecule has 1 aromatic heterocycles. The number of nitrogens with zero attached hydrogens (tertiary/aromatic N) is 2. The summed E-state index contributed by atoms with van der Waals surface area (Å²) in [6, 6.07) is 0. The van der Waals surface area contributed by atoms with Crippen LogP contribution in [0.4, 0.5) is 0 Å². The fourth-order valence-corrected chi connectivity index (χ4v) is 3.21. The Labute approximate surface area is 122 Å². The van der Waals surface area contributed by atoms with E-state index < -0.39 is 0 Å². The molecular formula is C17H28N2O. The Bertz CT molecular complexity index is 468. The van der Waals surface area contributed by atoms with Gasteiger partial charge in [-0.05, 0) is 51.0 Å². The van der Waals surface area contributed by atoms with Crippen LogP contribution in [0.15, 0.2) is 0 Å². The second-order valence-corrected chi connectivity index (χ2v) is 6.67. The molecule has 0 radical (unpaired) electrons. The minimum atomic E-state index is 0.194. The van der Waals surface area contributed by atoms with Crippen molar-refractivity contribution < 1.29 is 4.79 Å². The van der Waals surface area contributed by atoms with Gasteiger partial charge in [0.1, 0.15) is 0 Å². The van der Waals surface area contributed by atoms with Gasteiger partial charge < -0.3 is 0 Å². The van der Waals surface area contributed by atoms with Crippen molar-refractivity contribution in [1.29, 1.82) is 0 Å². The lowest BCUT2D eigenvalue weighted by atomic mass is 9.88. The van der Waals surface area contributed by atoms with Gasteiger partial charge in [-0.25, -0.2) is 4.68 Å². The Kier molecular flexibility index (Phi) is 5.00. The van der Waals surface area contributed by atoms with Crippen LogP contribution in [0.2, 0.25) is 0 Å². The summed E-state index contributed by atoms with van der Waals surface area (Å²) in [5.74, 6) is 1.10. The second-order valence-electron chi connectivity index (χ2n) is 6.67. The van der Waals surface area contributed by atoms with E-state index in [1.807, 2.05) is 6.92 Å². The molecule has 0 N–H and O–H groups in total. The summed E-state index contributed by atoms with van der Waals surface area (Å²) in [5, 5.41) is 4.53. The number of carbonyl (C=O) groups excluding carboxylic acids is 1.